The minimum absolute atomic E-state index is 0.0426. The van der Waals surface area contributed by atoms with E-state index >= 15 is 0 Å². The van der Waals surface area contributed by atoms with Crippen LogP contribution in [0.5, 0.6) is 5.75 Å². The smallest absolute Gasteiger partial charge is 0.290 e. The van der Waals surface area contributed by atoms with Crippen molar-refractivity contribution in [2.75, 3.05) is 19.8 Å². The molecule has 0 radical (unpaired) electrons. The standard InChI is InChI=1S/C27H31NO5/c1-4-5-6-14-32-20-10-8-19(9-11-20)23-22-24(30)21-16-17(2)15-18(3)25(21)33-26(22)27(31)28(23)12-7-13-29/h8-11,15-16,23,29H,4-7,12-14H2,1-3H3. The number of unbranched alkanes of at least 4 members (excludes halogenated alkanes) is 2. The van der Waals surface area contributed by atoms with Gasteiger partial charge in [0.2, 0.25) is 5.76 Å². The van der Waals surface area contributed by atoms with Gasteiger partial charge in [0.25, 0.3) is 5.91 Å². The molecule has 2 aromatic carbocycles. The summed E-state index contributed by atoms with van der Waals surface area (Å²) < 4.78 is 11.9. The van der Waals surface area contributed by atoms with E-state index in [0.717, 1.165) is 41.7 Å². The third kappa shape index (κ3) is 4.40. The zero-order valence-corrected chi connectivity index (χ0v) is 19.5. The molecule has 1 atom stereocenters. The fraction of sp³-hybridized carbons (Fsp3) is 0.407. The Kier molecular flexibility index (Phi) is 6.84. The largest absolute Gasteiger partial charge is 0.494 e. The zero-order chi connectivity index (χ0) is 23.5. The monoisotopic (exact) mass is 449 g/mol. The van der Waals surface area contributed by atoms with Gasteiger partial charge in [-0.05, 0) is 61.6 Å². The van der Waals surface area contributed by atoms with Gasteiger partial charge in [0.1, 0.15) is 11.3 Å². The average molecular weight is 450 g/mol. The first-order valence-corrected chi connectivity index (χ1v) is 11.7. The Balaban J connectivity index is 1.77. The van der Waals surface area contributed by atoms with E-state index in [9.17, 15) is 14.7 Å². The molecule has 4 rings (SSSR count). The SMILES string of the molecule is CCCCCOc1ccc(C2c3c(oc4c(C)cc(C)cc4c3=O)C(=O)N2CCCO)cc1. The number of benzene rings is 2. The molecule has 33 heavy (non-hydrogen) atoms. The van der Waals surface area contributed by atoms with Crippen molar-refractivity contribution in [2.24, 2.45) is 0 Å². The van der Waals surface area contributed by atoms with Crippen LogP contribution in [0.25, 0.3) is 11.0 Å². The number of hydrogen-bond acceptors (Lipinski definition) is 5. The third-order valence-corrected chi connectivity index (χ3v) is 6.17. The molecule has 2 heterocycles. The van der Waals surface area contributed by atoms with Gasteiger partial charge in [-0.25, -0.2) is 0 Å². The first-order chi connectivity index (χ1) is 16.0. The molecule has 1 aliphatic rings. The van der Waals surface area contributed by atoms with Gasteiger partial charge in [-0.2, -0.15) is 0 Å². The molecule has 0 aliphatic carbocycles. The fourth-order valence-corrected chi connectivity index (χ4v) is 4.58. The molecule has 3 aromatic rings. The van der Waals surface area contributed by atoms with Gasteiger partial charge >= 0.3 is 0 Å². The van der Waals surface area contributed by atoms with Gasteiger partial charge in [-0.15, -0.1) is 0 Å². The summed E-state index contributed by atoms with van der Waals surface area (Å²) in [6.07, 6.45) is 3.68. The molecule has 1 unspecified atom stereocenters. The first kappa shape index (κ1) is 23.1. The van der Waals surface area contributed by atoms with Gasteiger partial charge in [0.15, 0.2) is 5.43 Å². The Morgan fingerprint density at radius 1 is 1.06 bits per heavy atom. The number of aliphatic hydroxyl groups excluding tert-OH is 1. The molecule has 6 nitrogen and oxygen atoms in total. The molecule has 1 amide bonds. The number of nitrogens with zero attached hydrogens (tertiary/aromatic N) is 1. The topological polar surface area (TPSA) is 80.0 Å². The zero-order valence-electron chi connectivity index (χ0n) is 19.5. The second-order valence-electron chi connectivity index (χ2n) is 8.74. The Morgan fingerprint density at radius 3 is 2.52 bits per heavy atom. The Labute approximate surface area is 193 Å². The summed E-state index contributed by atoms with van der Waals surface area (Å²) in [6.45, 7) is 6.92. The Hall–Kier alpha value is -3.12. The summed E-state index contributed by atoms with van der Waals surface area (Å²) in [4.78, 5) is 28.6. The van der Waals surface area contributed by atoms with Crippen molar-refractivity contribution in [2.45, 2.75) is 52.5 Å². The highest BCUT2D eigenvalue weighted by Crippen LogP contribution is 2.39. The number of ether oxygens (including phenoxy) is 1. The maximum absolute atomic E-state index is 13.6. The minimum atomic E-state index is -0.561. The minimum Gasteiger partial charge on any atom is -0.494 e. The molecule has 0 spiro atoms. The summed E-state index contributed by atoms with van der Waals surface area (Å²) in [7, 11) is 0. The van der Waals surface area contributed by atoms with Crippen molar-refractivity contribution in [3.63, 3.8) is 0 Å². The van der Waals surface area contributed by atoms with E-state index < -0.39 is 6.04 Å². The van der Waals surface area contributed by atoms with Crippen LogP contribution in [-0.4, -0.2) is 35.7 Å². The number of amides is 1. The summed E-state index contributed by atoms with van der Waals surface area (Å²) in [6, 6.07) is 10.8. The maximum Gasteiger partial charge on any atom is 0.290 e. The lowest BCUT2D eigenvalue weighted by molar-refractivity contribution is 0.0716. The summed E-state index contributed by atoms with van der Waals surface area (Å²) in [5.41, 5.74) is 3.26. The number of aryl methyl sites for hydroxylation is 2. The van der Waals surface area contributed by atoms with E-state index in [2.05, 4.69) is 6.92 Å². The number of fused-ring (bicyclic) bond motifs is 2. The number of aliphatic hydroxyl groups is 1. The van der Waals surface area contributed by atoms with Crippen molar-refractivity contribution in [1.82, 2.24) is 4.90 Å². The van der Waals surface area contributed by atoms with Crippen LogP contribution in [-0.2, 0) is 0 Å². The van der Waals surface area contributed by atoms with E-state index in [0.29, 0.717) is 36.1 Å². The highest BCUT2D eigenvalue weighted by molar-refractivity contribution is 5.99. The van der Waals surface area contributed by atoms with Crippen molar-refractivity contribution in [3.8, 4) is 5.75 Å². The molecular formula is C27H31NO5. The Morgan fingerprint density at radius 2 is 1.82 bits per heavy atom. The predicted molar refractivity (Wildman–Crippen MR) is 128 cm³/mol. The molecule has 1 aromatic heterocycles. The summed E-state index contributed by atoms with van der Waals surface area (Å²) >= 11 is 0. The molecule has 1 N–H and O–H groups in total. The van der Waals surface area contributed by atoms with Crippen LogP contribution in [0, 0.1) is 13.8 Å². The molecule has 0 saturated heterocycles. The second kappa shape index (κ2) is 9.79. The molecule has 174 valence electrons. The summed E-state index contributed by atoms with van der Waals surface area (Å²) in [5, 5.41) is 9.87. The van der Waals surface area contributed by atoms with Gasteiger partial charge in [-0.1, -0.05) is 38.0 Å². The maximum atomic E-state index is 13.6. The predicted octanol–water partition coefficient (Wildman–Crippen LogP) is 4.91. The average Bonchev–Trinajstić information content (AvgIpc) is 3.08. The van der Waals surface area contributed by atoms with Crippen LogP contribution >= 0.6 is 0 Å². The van der Waals surface area contributed by atoms with Crippen LogP contribution in [0.15, 0.2) is 45.6 Å². The van der Waals surface area contributed by atoms with E-state index in [4.69, 9.17) is 9.15 Å². The second-order valence-corrected chi connectivity index (χ2v) is 8.74. The lowest BCUT2D eigenvalue weighted by Crippen LogP contribution is -2.31. The van der Waals surface area contributed by atoms with Crippen LogP contribution in [0.1, 0.15) is 71.5 Å². The van der Waals surface area contributed by atoms with E-state index in [-0.39, 0.29) is 23.7 Å². The van der Waals surface area contributed by atoms with Crippen molar-refractivity contribution in [1.29, 1.82) is 0 Å². The summed E-state index contributed by atoms with van der Waals surface area (Å²) in [5.74, 6) is 0.544. The van der Waals surface area contributed by atoms with E-state index in [1.54, 1.807) is 4.90 Å². The highest BCUT2D eigenvalue weighted by Gasteiger charge is 2.42. The number of rotatable bonds is 9. The third-order valence-electron chi connectivity index (χ3n) is 6.17. The van der Waals surface area contributed by atoms with Crippen LogP contribution in [0.4, 0.5) is 0 Å². The van der Waals surface area contributed by atoms with Crippen LogP contribution in [0.2, 0.25) is 0 Å². The first-order valence-electron chi connectivity index (χ1n) is 11.7. The lowest BCUT2D eigenvalue weighted by atomic mass is 9.97. The molecule has 6 heteroatoms. The van der Waals surface area contributed by atoms with Gasteiger partial charge < -0.3 is 19.2 Å². The molecule has 0 saturated carbocycles. The van der Waals surface area contributed by atoms with Crippen molar-refractivity contribution >= 4 is 16.9 Å². The van der Waals surface area contributed by atoms with E-state index in [1.807, 2.05) is 50.2 Å². The van der Waals surface area contributed by atoms with Crippen LogP contribution < -0.4 is 10.2 Å². The number of carbonyl (C=O) groups excluding carboxylic acids is 1. The molecular weight excluding hydrogens is 418 g/mol. The van der Waals surface area contributed by atoms with Crippen LogP contribution in [0.3, 0.4) is 0 Å². The van der Waals surface area contributed by atoms with Crippen molar-refractivity contribution < 1.29 is 19.1 Å². The molecule has 1 aliphatic heterocycles. The Bertz CT molecular complexity index is 1210. The highest BCUT2D eigenvalue weighted by atomic mass is 16.5. The quantitative estimate of drug-likeness (QED) is 0.470. The number of carbonyl (C=O) groups is 1. The molecule has 0 fully saturated rings. The van der Waals surface area contributed by atoms with Crippen molar-refractivity contribution in [3.05, 3.63) is 74.6 Å². The lowest BCUT2D eigenvalue weighted by Gasteiger charge is -2.25. The molecule has 0 bridgehead atoms. The normalized spacial score (nSPS) is 15.3. The fourth-order valence-electron chi connectivity index (χ4n) is 4.58. The van der Waals surface area contributed by atoms with Gasteiger partial charge in [0, 0.05) is 13.2 Å². The van der Waals surface area contributed by atoms with Gasteiger partial charge in [0.05, 0.1) is 23.6 Å². The van der Waals surface area contributed by atoms with E-state index in [1.165, 1.54) is 0 Å². The van der Waals surface area contributed by atoms with Gasteiger partial charge in [-0.3, -0.25) is 9.59 Å². The number of hydrogen-bond donors (Lipinski definition) is 1.